The van der Waals surface area contributed by atoms with E-state index < -0.39 is 0 Å². The monoisotopic (exact) mass is 271 g/mol. The SMILES string of the molecule is C[PH+](C)C1CCc2cccc([SiH2])c21.[Cu]. The van der Waals surface area contributed by atoms with Crippen LogP contribution in [-0.2, 0) is 23.5 Å². The van der Waals surface area contributed by atoms with Crippen LogP contribution in [0.3, 0.4) is 0 Å². The third kappa shape index (κ3) is 2.14. The second-order valence-electron chi connectivity index (χ2n) is 4.16. The van der Waals surface area contributed by atoms with E-state index in [0.29, 0.717) is 0 Å². The van der Waals surface area contributed by atoms with Crippen molar-refractivity contribution >= 4 is 23.4 Å². The average Bonchev–Trinajstić information content (AvgIpc) is 2.49. The molecule has 0 amide bonds. The van der Waals surface area contributed by atoms with Gasteiger partial charge in [0, 0.05) is 48.6 Å². The van der Waals surface area contributed by atoms with Gasteiger partial charge in [0.2, 0.25) is 0 Å². The Bertz CT molecular complexity index is 325. The van der Waals surface area contributed by atoms with Crippen LogP contribution in [-0.4, -0.2) is 23.6 Å². The Labute approximate surface area is 102 Å². The van der Waals surface area contributed by atoms with Gasteiger partial charge in [-0.05, 0) is 24.0 Å². The Balaban J connectivity index is 0.000000980. The summed E-state index contributed by atoms with van der Waals surface area (Å²) in [5, 5.41) is 1.55. The number of aryl methyl sites for hydroxylation is 1. The first-order valence-electron chi connectivity index (χ1n) is 4.94. The van der Waals surface area contributed by atoms with Crippen LogP contribution in [0.4, 0.5) is 0 Å². The summed E-state index contributed by atoms with van der Waals surface area (Å²) >= 11 is 0. The zero-order valence-corrected chi connectivity index (χ0v) is 12.1. The number of rotatable bonds is 1. The molecule has 1 aromatic rings. The minimum Gasteiger partial charge on any atom is -0.0635 e. The molecule has 1 aromatic carbocycles. The fourth-order valence-corrected chi connectivity index (χ4v) is 4.84. The number of benzene rings is 1. The predicted molar refractivity (Wildman–Crippen MR) is 65.8 cm³/mol. The third-order valence-electron chi connectivity index (χ3n) is 3.03. The molecule has 0 N–H and O–H groups in total. The summed E-state index contributed by atoms with van der Waals surface area (Å²) in [6.07, 6.45) is 2.73. The van der Waals surface area contributed by atoms with E-state index >= 15 is 0 Å². The molecule has 1 unspecified atom stereocenters. The Morgan fingerprint density at radius 2 is 2.07 bits per heavy atom. The normalized spacial score (nSPS) is 19.3. The average molecular weight is 272 g/mol. The van der Waals surface area contributed by atoms with E-state index in [4.69, 9.17) is 0 Å². The van der Waals surface area contributed by atoms with E-state index in [-0.39, 0.29) is 25.0 Å². The van der Waals surface area contributed by atoms with Crippen molar-refractivity contribution < 1.29 is 17.1 Å². The van der Waals surface area contributed by atoms with Crippen LogP contribution in [0.2, 0.25) is 0 Å². The van der Waals surface area contributed by atoms with E-state index in [0.717, 1.165) is 5.66 Å². The molecule has 0 bridgehead atoms. The zero-order chi connectivity index (χ0) is 9.42. The molecule has 1 atom stereocenters. The minimum atomic E-state index is -0.142. The van der Waals surface area contributed by atoms with Crippen molar-refractivity contribution in [3.8, 4) is 0 Å². The van der Waals surface area contributed by atoms with Gasteiger partial charge in [0.1, 0.15) is 0 Å². The summed E-state index contributed by atoms with van der Waals surface area (Å²) in [5.41, 5.74) is 4.26. The number of hydrogen-bond donors (Lipinski definition) is 0. The van der Waals surface area contributed by atoms with Crippen molar-refractivity contribution in [3.05, 3.63) is 29.3 Å². The molecule has 0 saturated heterocycles. The van der Waals surface area contributed by atoms with E-state index in [2.05, 4.69) is 41.8 Å². The number of fused-ring (bicyclic) bond motifs is 1. The van der Waals surface area contributed by atoms with Crippen molar-refractivity contribution in [1.82, 2.24) is 0 Å². The van der Waals surface area contributed by atoms with Gasteiger partial charge in [0.05, 0.1) is 5.66 Å². The van der Waals surface area contributed by atoms with Gasteiger partial charge in [-0.2, -0.15) is 0 Å². The molecular formula is C11H17CuPSi+. The molecule has 1 aliphatic carbocycles. The molecule has 0 fully saturated rings. The van der Waals surface area contributed by atoms with Crippen molar-refractivity contribution in [2.45, 2.75) is 18.5 Å². The van der Waals surface area contributed by atoms with Crippen molar-refractivity contribution in [2.24, 2.45) is 0 Å². The second kappa shape index (κ2) is 4.94. The summed E-state index contributed by atoms with van der Waals surface area (Å²) in [6.45, 7) is 4.89. The zero-order valence-electron chi connectivity index (χ0n) is 8.73. The number of hydrogen-bond acceptors (Lipinski definition) is 0. The molecule has 2 rings (SSSR count). The molecule has 0 aromatic heterocycles. The summed E-state index contributed by atoms with van der Waals surface area (Å²) in [7, 11) is 1.92. The van der Waals surface area contributed by atoms with E-state index in [1.54, 1.807) is 16.3 Å². The standard InChI is InChI=1S/C11H16PSi.Cu/c1-12(2)9-7-6-8-4-3-5-10(13)11(8)9;/h3-5,9H,6-7,13H2,1-2H3;/p+1. The summed E-state index contributed by atoms with van der Waals surface area (Å²) < 4.78 is 0. The van der Waals surface area contributed by atoms with Crippen LogP contribution < -0.4 is 5.19 Å². The minimum absolute atomic E-state index is 0. The molecule has 0 aliphatic heterocycles. The first kappa shape index (κ1) is 12.5. The molecule has 1 aliphatic rings. The van der Waals surface area contributed by atoms with Gasteiger partial charge in [-0.3, -0.25) is 0 Å². The first-order chi connectivity index (χ1) is 6.20. The van der Waals surface area contributed by atoms with Crippen LogP contribution in [0.25, 0.3) is 0 Å². The van der Waals surface area contributed by atoms with Crippen molar-refractivity contribution in [2.75, 3.05) is 13.3 Å². The van der Waals surface area contributed by atoms with Gasteiger partial charge < -0.3 is 0 Å². The molecule has 80 valence electrons. The summed E-state index contributed by atoms with van der Waals surface area (Å²) in [4.78, 5) is 0. The predicted octanol–water partition coefficient (Wildman–Crippen LogP) is 1.40. The van der Waals surface area contributed by atoms with Gasteiger partial charge >= 0.3 is 0 Å². The molecule has 14 heavy (non-hydrogen) atoms. The molecule has 2 radical (unpaired) electrons. The van der Waals surface area contributed by atoms with E-state index in [9.17, 15) is 0 Å². The smallest absolute Gasteiger partial charge is 0.0635 e. The first-order valence-corrected chi connectivity index (χ1v) is 8.22. The molecule has 0 heterocycles. The maximum atomic E-state index is 2.44. The van der Waals surface area contributed by atoms with Gasteiger partial charge in [0.25, 0.3) is 0 Å². The summed E-state index contributed by atoms with van der Waals surface area (Å²) in [6, 6.07) is 6.80. The van der Waals surface area contributed by atoms with Gasteiger partial charge in [-0.25, -0.2) is 0 Å². The van der Waals surface area contributed by atoms with E-state index in [1.165, 1.54) is 12.8 Å². The maximum absolute atomic E-state index is 2.44. The van der Waals surface area contributed by atoms with Gasteiger partial charge in [-0.1, -0.05) is 23.4 Å². The van der Waals surface area contributed by atoms with Crippen molar-refractivity contribution in [3.63, 3.8) is 0 Å². The molecule has 3 heteroatoms. The van der Waals surface area contributed by atoms with Crippen LogP contribution >= 0.6 is 7.92 Å². The maximum Gasteiger partial charge on any atom is 0.0921 e. The fraction of sp³-hybridized carbons (Fsp3) is 0.455. The molecule has 0 saturated carbocycles. The molecule has 0 spiro atoms. The fourth-order valence-electron chi connectivity index (χ4n) is 2.35. The Kier molecular flexibility index (Phi) is 4.40. The van der Waals surface area contributed by atoms with Gasteiger partial charge in [-0.15, -0.1) is 0 Å². The molecule has 0 nitrogen and oxygen atoms in total. The molecular weight excluding hydrogens is 255 g/mol. The Morgan fingerprint density at radius 1 is 1.36 bits per heavy atom. The van der Waals surface area contributed by atoms with Gasteiger partial charge in [0.15, 0.2) is 0 Å². The van der Waals surface area contributed by atoms with Crippen LogP contribution in [0.1, 0.15) is 23.2 Å². The Morgan fingerprint density at radius 3 is 2.71 bits per heavy atom. The topological polar surface area (TPSA) is 0 Å². The quantitative estimate of drug-likeness (QED) is 0.535. The Hall–Kier alpha value is 0.386. The van der Waals surface area contributed by atoms with Crippen LogP contribution in [0.5, 0.6) is 0 Å². The summed E-state index contributed by atoms with van der Waals surface area (Å²) in [5.74, 6) is 0. The second-order valence-corrected chi connectivity index (χ2v) is 7.77. The van der Waals surface area contributed by atoms with Crippen LogP contribution in [0.15, 0.2) is 18.2 Å². The third-order valence-corrected chi connectivity index (χ3v) is 5.62. The van der Waals surface area contributed by atoms with E-state index in [1.807, 2.05) is 0 Å². The van der Waals surface area contributed by atoms with Crippen LogP contribution in [0, 0.1) is 0 Å². The largest absolute Gasteiger partial charge is 0.0921 e. The van der Waals surface area contributed by atoms with Crippen molar-refractivity contribution in [1.29, 1.82) is 0 Å².